The molecule has 21 heavy (non-hydrogen) atoms. The zero-order valence-corrected chi connectivity index (χ0v) is 12.1. The second kappa shape index (κ2) is 5.71. The van der Waals surface area contributed by atoms with Crippen LogP contribution in [0.5, 0.6) is 0 Å². The minimum Gasteiger partial charge on any atom is -0.378 e. The molecular weight excluding hydrogens is 260 g/mol. The smallest absolute Gasteiger partial charge is 0.0966 e. The lowest BCUT2D eigenvalue weighted by Crippen LogP contribution is -2.07. The van der Waals surface area contributed by atoms with Gasteiger partial charge in [0.25, 0.3) is 0 Å². The molecule has 0 spiro atoms. The average Bonchev–Trinajstić information content (AvgIpc) is 2.53. The molecule has 0 aliphatic rings. The molecule has 0 saturated heterocycles. The van der Waals surface area contributed by atoms with Crippen molar-refractivity contribution in [3.63, 3.8) is 0 Å². The van der Waals surface area contributed by atoms with Crippen molar-refractivity contribution in [2.24, 2.45) is 10.2 Å². The van der Waals surface area contributed by atoms with Gasteiger partial charge < -0.3 is 4.90 Å². The van der Waals surface area contributed by atoms with Gasteiger partial charge in [-0.2, -0.15) is 5.11 Å². The summed E-state index contributed by atoms with van der Waals surface area (Å²) in [6.07, 6.45) is 1.76. The summed E-state index contributed by atoms with van der Waals surface area (Å²) in [5.41, 5.74) is 3.74. The Bertz CT molecular complexity index is 771. The third-order valence-corrected chi connectivity index (χ3v) is 3.27. The van der Waals surface area contributed by atoms with Gasteiger partial charge in [0.15, 0.2) is 0 Å². The third kappa shape index (κ3) is 2.89. The number of pyridine rings is 1. The van der Waals surface area contributed by atoms with Crippen molar-refractivity contribution in [3.8, 4) is 0 Å². The number of benzene rings is 2. The lowest BCUT2D eigenvalue weighted by Gasteiger charge is -2.11. The van der Waals surface area contributed by atoms with Gasteiger partial charge in [-0.15, -0.1) is 5.11 Å². The van der Waals surface area contributed by atoms with E-state index in [2.05, 4.69) is 20.1 Å². The van der Waals surface area contributed by atoms with Crippen molar-refractivity contribution in [2.45, 2.75) is 0 Å². The highest BCUT2D eigenvalue weighted by atomic mass is 15.1. The highest BCUT2D eigenvalue weighted by Crippen LogP contribution is 2.26. The minimum absolute atomic E-state index is 0.831. The number of nitrogens with zero attached hydrogens (tertiary/aromatic N) is 4. The molecule has 4 nitrogen and oxygen atoms in total. The van der Waals surface area contributed by atoms with Crippen LogP contribution in [-0.2, 0) is 0 Å². The first-order valence-corrected chi connectivity index (χ1v) is 6.77. The molecule has 0 saturated carbocycles. The van der Waals surface area contributed by atoms with Gasteiger partial charge in [0.1, 0.15) is 0 Å². The fraction of sp³-hybridized carbons (Fsp3) is 0.118. The van der Waals surface area contributed by atoms with Gasteiger partial charge in [-0.3, -0.25) is 4.98 Å². The zero-order chi connectivity index (χ0) is 14.7. The Morgan fingerprint density at radius 3 is 2.38 bits per heavy atom. The van der Waals surface area contributed by atoms with E-state index in [0.29, 0.717) is 0 Å². The number of azo groups is 1. The quantitative estimate of drug-likeness (QED) is 0.650. The Kier molecular flexibility index (Phi) is 3.60. The van der Waals surface area contributed by atoms with Gasteiger partial charge in [0.2, 0.25) is 0 Å². The van der Waals surface area contributed by atoms with Crippen LogP contribution in [0, 0.1) is 0 Å². The van der Waals surface area contributed by atoms with Crippen molar-refractivity contribution in [2.75, 3.05) is 19.0 Å². The summed E-state index contributed by atoms with van der Waals surface area (Å²) < 4.78 is 0. The second-order valence-electron chi connectivity index (χ2n) is 4.96. The van der Waals surface area contributed by atoms with E-state index in [1.165, 1.54) is 0 Å². The fourth-order valence-corrected chi connectivity index (χ4v) is 2.10. The van der Waals surface area contributed by atoms with Crippen LogP contribution in [0.15, 0.2) is 71.0 Å². The molecule has 0 aliphatic carbocycles. The van der Waals surface area contributed by atoms with Crippen molar-refractivity contribution in [3.05, 3.63) is 60.8 Å². The molecule has 0 amide bonds. The van der Waals surface area contributed by atoms with Crippen LogP contribution in [0.2, 0.25) is 0 Å². The Hall–Kier alpha value is -2.75. The van der Waals surface area contributed by atoms with Crippen molar-refractivity contribution in [1.82, 2.24) is 4.98 Å². The Balaban J connectivity index is 1.91. The van der Waals surface area contributed by atoms with E-state index in [1.807, 2.05) is 68.7 Å². The largest absolute Gasteiger partial charge is 0.378 e. The van der Waals surface area contributed by atoms with Crippen LogP contribution in [0.4, 0.5) is 17.1 Å². The van der Waals surface area contributed by atoms with Gasteiger partial charge in [-0.05, 0) is 36.4 Å². The van der Waals surface area contributed by atoms with E-state index >= 15 is 0 Å². The van der Waals surface area contributed by atoms with Crippen molar-refractivity contribution >= 4 is 28.0 Å². The van der Waals surface area contributed by atoms with Crippen LogP contribution in [0.25, 0.3) is 10.9 Å². The third-order valence-electron chi connectivity index (χ3n) is 3.27. The number of rotatable bonds is 3. The second-order valence-corrected chi connectivity index (χ2v) is 4.96. The number of hydrogen-bond donors (Lipinski definition) is 0. The summed E-state index contributed by atoms with van der Waals surface area (Å²) in [5.74, 6) is 0. The highest BCUT2D eigenvalue weighted by molar-refractivity contribution is 5.89. The van der Waals surface area contributed by atoms with E-state index in [4.69, 9.17) is 0 Å². The normalized spacial score (nSPS) is 11.1. The van der Waals surface area contributed by atoms with Crippen molar-refractivity contribution < 1.29 is 0 Å². The first-order chi connectivity index (χ1) is 10.2. The predicted octanol–water partition coefficient (Wildman–Crippen LogP) is 4.72. The van der Waals surface area contributed by atoms with Crippen LogP contribution < -0.4 is 4.90 Å². The number of fused-ring (bicyclic) bond motifs is 1. The SMILES string of the molecule is CN(C)c1ccc(/N=N/c2ccnc3ccccc23)cc1. The Morgan fingerprint density at radius 1 is 0.857 bits per heavy atom. The summed E-state index contributed by atoms with van der Waals surface area (Å²) in [5, 5.41) is 9.66. The molecule has 0 aliphatic heterocycles. The maximum Gasteiger partial charge on any atom is 0.0966 e. The molecule has 4 heteroatoms. The fourth-order valence-electron chi connectivity index (χ4n) is 2.10. The van der Waals surface area contributed by atoms with E-state index in [0.717, 1.165) is 28.0 Å². The van der Waals surface area contributed by atoms with Gasteiger partial charge in [0.05, 0.1) is 16.9 Å². The topological polar surface area (TPSA) is 40.9 Å². The number of para-hydroxylation sites is 1. The lowest BCUT2D eigenvalue weighted by molar-refractivity contribution is 1.13. The zero-order valence-electron chi connectivity index (χ0n) is 12.1. The maximum absolute atomic E-state index is 4.35. The molecule has 104 valence electrons. The van der Waals surface area contributed by atoms with Crippen LogP contribution >= 0.6 is 0 Å². The number of hydrogen-bond acceptors (Lipinski definition) is 4. The number of anilines is 1. The Labute approximate surface area is 123 Å². The molecule has 1 aromatic heterocycles. The molecular formula is C17H16N4. The van der Waals surface area contributed by atoms with E-state index in [-0.39, 0.29) is 0 Å². The molecule has 1 heterocycles. The maximum atomic E-state index is 4.35. The van der Waals surface area contributed by atoms with E-state index in [1.54, 1.807) is 6.20 Å². The first-order valence-electron chi connectivity index (χ1n) is 6.77. The average molecular weight is 276 g/mol. The summed E-state index contributed by atoms with van der Waals surface area (Å²) in [6, 6.07) is 17.8. The highest BCUT2D eigenvalue weighted by Gasteiger charge is 2.00. The first kappa shape index (κ1) is 13.2. The van der Waals surface area contributed by atoms with Crippen LogP contribution in [0.1, 0.15) is 0 Å². The molecule has 0 fully saturated rings. The van der Waals surface area contributed by atoms with Gasteiger partial charge in [0, 0.05) is 31.4 Å². The molecule has 0 radical (unpaired) electrons. The van der Waals surface area contributed by atoms with E-state index in [9.17, 15) is 0 Å². The molecule has 2 aromatic carbocycles. The Morgan fingerprint density at radius 2 is 1.62 bits per heavy atom. The van der Waals surface area contributed by atoms with Crippen molar-refractivity contribution in [1.29, 1.82) is 0 Å². The molecule has 0 N–H and O–H groups in total. The van der Waals surface area contributed by atoms with Gasteiger partial charge >= 0.3 is 0 Å². The van der Waals surface area contributed by atoms with Crippen LogP contribution in [-0.4, -0.2) is 19.1 Å². The lowest BCUT2D eigenvalue weighted by atomic mass is 10.2. The molecule has 0 atom stereocenters. The summed E-state index contributed by atoms with van der Waals surface area (Å²) in [6.45, 7) is 0. The number of aromatic nitrogens is 1. The standard InChI is InChI=1S/C17H16N4/c1-21(2)14-9-7-13(8-10-14)19-20-17-11-12-18-16-6-4-3-5-15(16)17/h3-12H,1-2H3/b20-19+. The monoisotopic (exact) mass is 276 g/mol. The van der Waals surface area contributed by atoms with Crippen LogP contribution in [0.3, 0.4) is 0 Å². The summed E-state index contributed by atoms with van der Waals surface area (Å²) in [7, 11) is 4.03. The molecule has 3 aromatic rings. The molecule has 3 rings (SSSR count). The molecule has 0 unspecified atom stereocenters. The predicted molar refractivity (Wildman–Crippen MR) is 86.7 cm³/mol. The van der Waals surface area contributed by atoms with Gasteiger partial charge in [-0.1, -0.05) is 18.2 Å². The molecule has 0 bridgehead atoms. The minimum atomic E-state index is 0.831. The summed E-state index contributed by atoms with van der Waals surface area (Å²) in [4.78, 5) is 6.37. The van der Waals surface area contributed by atoms with E-state index < -0.39 is 0 Å². The summed E-state index contributed by atoms with van der Waals surface area (Å²) >= 11 is 0. The van der Waals surface area contributed by atoms with Gasteiger partial charge in [-0.25, -0.2) is 0 Å².